The monoisotopic (exact) mass is 1830 g/mol. The van der Waals surface area contributed by atoms with E-state index in [0.29, 0.717) is 85.4 Å². The third kappa shape index (κ3) is 20.3. The van der Waals surface area contributed by atoms with Crippen LogP contribution in [0.3, 0.4) is 0 Å². The molecule has 0 bridgehead atoms. The third-order valence-electron chi connectivity index (χ3n) is 24.9. The van der Waals surface area contributed by atoms with Gasteiger partial charge in [0.15, 0.2) is 57.0 Å². The number of benzene rings is 14. The number of hydrogen-bond donors (Lipinski definition) is 6. The van der Waals surface area contributed by atoms with Gasteiger partial charge in [0.1, 0.15) is 40.2 Å². The molecule has 0 radical (unpaired) electrons. The number of aromatic nitrogens is 4. The maximum absolute atomic E-state index is 12.4. The molecule has 139 heavy (non-hydrogen) atoms. The zero-order valence-electron chi connectivity index (χ0n) is 78.6. The van der Waals surface area contributed by atoms with Crippen molar-refractivity contribution in [2.75, 3.05) is 13.9 Å². The minimum absolute atomic E-state index is 0.134. The molecule has 0 fully saturated rings. The number of hydrogen-bond acceptors (Lipinski definition) is 13. The van der Waals surface area contributed by atoms with Crippen LogP contribution in [0.25, 0.3) is 145 Å². The van der Waals surface area contributed by atoms with Crippen LogP contribution in [0.2, 0.25) is 0 Å². The Bertz CT molecular complexity index is 8030. The number of phenolic OH excluding ortho intramolecular Hbond substituents is 6. The van der Waals surface area contributed by atoms with Gasteiger partial charge in [-0.25, -0.2) is 33.9 Å². The largest absolute Gasteiger partial charge is 0.508 e. The average Bonchev–Trinajstić information content (AvgIpc) is 1.60. The second-order valence-electron chi connectivity index (χ2n) is 34.8. The van der Waals surface area contributed by atoms with E-state index in [1.165, 1.54) is 27.8 Å². The Morgan fingerprint density at radius 2 is 0.835 bits per heavy atom. The van der Waals surface area contributed by atoms with E-state index in [-0.39, 0.29) is 35.6 Å². The van der Waals surface area contributed by atoms with Gasteiger partial charge in [0, 0.05) is 54.6 Å². The molecule has 0 amide bonds. The highest BCUT2D eigenvalue weighted by atomic mass is 16.7. The standard InChI is InChI=1S/C18H16N2O2.C18H15NO3.C17H12N2.C17H15NO.C16H13N3O.C16H13NO.C15H11NO3/c1-11-5-6-12(9-16(11)21)14-10-15(19-2)18(22-4)17-13(14)7-8-20(17)3;1-10-5-6-11(7-15(10)20)13-8-12(19-4)9-14-16(13)22-18(2,3)17(14)21;1-12-7-8-19-17(9-12)16-11-14(18-2)10-13-5-3-4-6-15(13)16;1-11-6-7-13(9-17(11)19)16-10-14(18-2)8-12-4-3-5-15(12)16;1-10-4-5-11(6-16(10)20)13-7-12(17-2)8-15-14(13)9-19(3)18-15;1-10-3-4-12(8-16(10)18)15-9-13(17-2)7-11-5-6-14(11)15;1-9-3-4-10(5-13(9)17)12-6-11(16-2)7-14-15(12)19-8-18-14/h5-10,21H,1,3-4H3;5-9,20H,1-3H3;3-11H,1H3;6-10,19H,3-5H2,1H3;4-9,20H,1,3H3;3-4,7-9,18H,5-6H2,1H3;3-7,17H,8H2,1H3. The summed E-state index contributed by atoms with van der Waals surface area (Å²) in [6, 6.07) is 71.1. The molecular formula is C117H95N11O11. The molecule has 17 aromatic rings. The molecule has 14 aromatic carbocycles. The van der Waals surface area contributed by atoms with Gasteiger partial charge in [0.05, 0.1) is 75.4 Å². The van der Waals surface area contributed by atoms with Crippen LogP contribution < -0.4 is 18.9 Å². The number of Topliss-reactive ketones (excluding diaryl/α,β-unsaturated/α-hetero) is 1. The first-order valence-electron chi connectivity index (χ1n) is 44.5. The number of phenols is 6. The summed E-state index contributed by atoms with van der Waals surface area (Å²) in [5.41, 5.74) is 29.1. The smallest absolute Gasteiger partial charge is 0.231 e. The van der Waals surface area contributed by atoms with E-state index in [1.54, 1.807) is 98.4 Å². The molecule has 684 valence electrons. The van der Waals surface area contributed by atoms with Crippen LogP contribution in [-0.2, 0) is 39.8 Å². The van der Waals surface area contributed by atoms with Crippen molar-refractivity contribution in [1.29, 1.82) is 0 Å². The first kappa shape index (κ1) is 95.2. The van der Waals surface area contributed by atoms with Crippen LogP contribution >= 0.6 is 0 Å². The number of carbonyl (C=O) groups is 1. The number of rotatable bonds is 8. The van der Waals surface area contributed by atoms with Crippen molar-refractivity contribution in [2.45, 2.75) is 100 Å². The molecule has 5 heterocycles. The van der Waals surface area contributed by atoms with Crippen LogP contribution in [0.5, 0.6) is 57.5 Å². The quantitative estimate of drug-likeness (QED) is 0.0777. The Hall–Kier alpha value is -18.4. The van der Waals surface area contributed by atoms with Crippen molar-refractivity contribution in [1.82, 2.24) is 19.3 Å². The Kier molecular flexibility index (Phi) is 27.8. The van der Waals surface area contributed by atoms with E-state index in [0.717, 1.165) is 171 Å². The summed E-state index contributed by atoms with van der Waals surface area (Å²) in [6.07, 6.45) is 11.1. The lowest BCUT2D eigenvalue weighted by molar-refractivity contribution is 0.0685. The number of nitrogens with zero attached hydrogens (tertiary/aromatic N) is 11. The number of aryl methyl sites for hydroxylation is 11. The normalized spacial score (nSPS) is 12.1. The fraction of sp³-hybridized carbons (Fsp3) is 0.162. The number of pyridine rings is 1. The molecule has 22 nitrogen and oxygen atoms in total. The van der Waals surface area contributed by atoms with E-state index in [4.69, 9.17) is 65.0 Å². The predicted molar refractivity (Wildman–Crippen MR) is 547 cm³/mol. The summed E-state index contributed by atoms with van der Waals surface area (Å²) in [5.74, 6) is 3.65. The van der Waals surface area contributed by atoms with Gasteiger partial charge in [-0.2, -0.15) is 5.10 Å². The van der Waals surface area contributed by atoms with Gasteiger partial charge >= 0.3 is 0 Å². The van der Waals surface area contributed by atoms with Gasteiger partial charge in [0.2, 0.25) is 18.3 Å². The highest BCUT2D eigenvalue weighted by Crippen LogP contribution is 2.50. The van der Waals surface area contributed by atoms with E-state index < -0.39 is 5.60 Å². The molecule has 3 aromatic heterocycles. The molecule has 2 aliphatic heterocycles. The first-order valence-corrected chi connectivity index (χ1v) is 44.5. The van der Waals surface area contributed by atoms with Gasteiger partial charge in [-0.15, -0.1) is 0 Å². The van der Waals surface area contributed by atoms with Crippen LogP contribution in [0.1, 0.15) is 91.8 Å². The van der Waals surface area contributed by atoms with Crippen molar-refractivity contribution >= 4 is 78.2 Å². The Morgan fingerprint density at radius 3 is 1.32 bits per heavy atom. The molecule has 0 spiro atoms. The summed E-state index contributed by atoms with van der Waals surface area (Å²) in [7, 11) is 5.36. The van der Waals surface area contributed by atoms with Crippen molar-refractivity contribution in [3.05, 3.63) is 396 Å². The SMILES string of the molecule is [C-]#[N+]c1cc(-c2cc(C)ccn2)c2ccccc2c1.[C-]#[N+]c1cc(-c2ccc(C)c(O)c2)c2ccn(C)c2c1OC.[C-]#[N+]c1cc(-c2ccc(C)c(O)c2)c2cn(C)nc2c1.[C-]#[N+]c1cc2c(c(-c3ccc(C)c(O)c3)c1)CC2.[C-]#[N+]c1cc2c(c(-c3ccc(C)c(O)c3)c1)CCC2.[C-]#[N+]c1cc2c(c(-c3ccc(C)c(O)c3)c1)OC(C)(C)C2=O.[C-]#[N+]c1cc2c(c(-c3ccc(C)c(O)c3)c1)OCO2. The number of carbonyl (C=O) groups excluding carboxylic acids is 1. The summed E-state index contributed by atoms with van der Waals surface area (Å²) < 4.78 is 25.7. The molecule has 6 N–H and O–H groups in total. The molecule has 21 rings (SSSR count). The van der Waals surface area contributed by atoms with E-state index in [2.05, 4.69) is 56.1 Å². The molecule has 4 aliphatic rings. The molecule has 0 unspecified atom stereocenters. The fourth-order valence-electron chi connectivity index (χ4n) is 17.1. The van der Waals surface area contributed by atoms with Gasteiger partial charge < -0.3 is 54.2 Å². The highest BCUT2D eigenvalue weighted by molar-refractivity contribution is 6.10. The van der Waals surface area contributed by atoms with Crippen molar-refractivity contribution in [3.63, 3.8) is 0 Å². The van der Waals surface area contributed by atoms with E-state index >= 15 is 0 Å². The van der Waals surface area contributed by atoms with Gasteiger partial charge in [0.25, 0.3) is 0 Å². The zero-order valence-corrected chi connectivity index (χ0v) is 78.6. The summed E-state index contributed by atoms with van der Waals surface area (Å²) in [5, 5.41) is 67.8. The molecule has 22 heteroatoms. The number of ketones is 1. The molecule has 2 aliphatic carbocycles. The molecule has 0 saturated heterocycles. The van der Waals surface area contributed by atoms with Crippen LogP contribution in [0.4, 0.5) is 39.8 Å². The topological polar surface area (TPSA) is 242 Å². The maximum Gasteiger partial charge on any atom is 0.231 e. The zero-order chi connectivity index (χ0) is 98.9. The minimum Gasteiger partial charge on any atom is -0.508 e. The average molecular weight is 1830 g/mol. The Morgan fingerprint density at radius 1 is 0.403 bits per heavy atom. The molecular weight excluding hydrogens is 1740 g/mol. The summed E-state index contributed by atoms with van der Waals surface area (Å²) >= 11 is 0. The van der Waals surface area contributed by atoms with Crippen molar-refractivity contribution in [2.24, 2.45) is 14.1 Å². The Labute approximate surface area is 806 Å². The molecule has 0 saturated carbocycles. The maximum atomic E-state index is 12.4. The predicted octanol–water partition coefficient (Wildman–Crippen LogP) is 29.3. The first-order chi connectivity index (χ1) is 66.8. The minimum atomic E-state index is -0.940. The number of methoxy groups -OCH3 is 1. The lowest BCUT2D eigenvalue weighted by Gasteiger charge is -2.23. The lowest BCUT2D eigenvalue weighted by atomic mass is 9.82. The van der Waals surface area contributed by atoms with Crippen molar-refractivity contribution in [3.8, 4) is 136 Å². The second-order valence-corrected chi connectivity index (χ2v) is 34.8. The van der Waals surface area contributed by atoms with Crippen LogP contribution in [0.15, 0.2) is 249 Å². The van der Waals surface area contributed by atoms with Crippen LogP contribution in [-0.4, -0.2) is 75.3 Å². The third-order valence-corrected chi connectivity index (χ3v) is 24.9. The van der Waals surface area contributed by atoms with E-state index in [9.17, 15) is 35.4 Å². The molecule has 0 atom stereocenters. The number of aromatic hydroxyl groups is 6. The highest BCUT2D eigenvalue weighted by Gasteiger charge is 2.42. The summed E-state index contributed by atoms with van der Waals surface area (Å²) in [6.45, 7) is 67.3. The fourth-order valence-corrected chi connectivity index (χ4v) is 17.1. The lowest BCUT2D eigenvalue weighted by Crippen LogP contribution is -2.31. The Balaban J connectivity index is 0.000000123. The van der Waals surface area contributed by atoms with Gasteiger partial charge in [-0.3, -0.25) is 14.5 Å². The van der Waals surface area contributed by atoms with Gasteiger partial charge in [-0.05, 0) is 338 Å². The second kappa shape index (κ2) is 40.6. The number of ether oxygens (including phenoxy) is 4. The number of fused-ring (bicyclic) bond motifs is 7. The van der Waals surface area contributed by atoms with Crippen molar-refractivity contribution < 1.29 is 54.4 Å². The van der Waals surface area contributed by atoms with Gasteiger partial charge in [-0.1, -0.05) is 120 Å². The van der Waals surface area contributed by atoms with Crippen LogP contribution in [0, 0.1) is 94.5 Å². The summed E-state index contributed by atoms with van der Waals surface area (Å²) in [4.78, 5) is 41.4. The van der Waals surface area contributed by atoms with E-state index in [1.807, 2.05) is 231 Å².